The molecule has 0 spiro atoms. The Hall–Kier alpha value is -1.15. The molecule has 1 heterocycles. The summed E-state index contributed by atoms with van der Waals surface area (Å²) in [5.74, 6) is 0.388. The number of carbonyl (C=O) groups excluding carboxylic acids is 1. The Labute approximate surface area is 169 Å². The van der Waals surface area contributed by atoms with Gasteiger partial charge in [-0.05, 0) is 43.5 Å². The van der Waals surface area contributed by atoms with Crippen LogP contribution in [-0.4, -0.2) is 63.8 Å². The van der Waals surface area contributed by atoms with Gasteiger partial charge in [-0.25, -0.2) is 8.42 Å². The van der Waals surface area contributed by atoms with Gasteiger partial charge >= 0.3 is 0 Å². The van der Waals surface area contributed by atoms with Crippen LogP contribution in [0.1, 0.15) is 38.2 Å². The first kappa shape index (κ1) is 23.9. The average molecular weight is 418 g/mol. The normalized spacial score (nSPS) is 16.2. The highest BCUT2D eigenvalue weighted by Crippen LogP contribution is 2.26. The molecule has 1 aromatic carbocycles. The Balaban J connectivity index is 0.00000364. The van der Waals surface area contributed by atoms with Gasteiger partial charge < -0.3 is 10.2 Å². The topological polar surface area (TPSA) is 69.7 Å². The number of halogens is 1. The van der Waals surface area contributed by atoms with Crippen LogP contribution in [0.4, 0.5) is 0 Å². The number of piperidine rings is 1. The zero-order valence-electron chi connectivity index (χ0n) is 16.6. The van der Waals surface area contributed by atoms with E-state index in [0.29, 0.717) is 43.3 Å². The SMILES string of the molecule is CNCCN(C)C(=O)C1CCN(S(=O)(=O)c2ccc(C(C)C)cc2)CC1.Cl. The molecule has 1 saturated heterocycles. The van der Waals surface area contributed by atoms with Crippen LogP contribution in [0.15, 0.2) is 29.2 Å². The summed E-state index contributed by atoms with van der Waals surface area (Å²) in [6.45, 7) is 6.37. The second-order valence-corrected chi connectivity index (χ2v) is 9.20. The van der Waals surface area contributed by atoms with Crippen molar-refractivity contribution in [1.82, 2.24) is 14.5 Å². The van der Waals surface area contributed by atoms with E-state index in [0.717, 1.165) is 12.1 Å². The molecule has 154 valence electrons. The highest BCUT2D eigenvalue weighted by Gasteiger charge is 2.33. The third-order valence-electron chi connectivity index (χ3n) is 5.06. The second-order valence-electron chi connectivity index (χ2n) is 7.27. The molecule has 1 fully saturated rings. The molecule has 0 aliphatic carbocycles. The largest absolute Gasteiger partial charge is 0.344 e. The zero-order valence-corrected chi connectivity index (χ0v) is 18.3. The number of hydrogen-bond donors (Lipinski definition) is 1. The van der Waals surface area contributed by atoms with Crippen molar-refractivity contribution < 1.29 is 13.2 Å². The lowest BCUT2D eigenvalue weighted by molar-refractivity contribution is -0.135. The van der Waals surface area contributed by atoms with Gasteiger partial charge in [-0.1, -0.05) is 26.0 Å². The molecule has 0 radical (unpaired) electrons. The molecule has 0 unspecified atom stereocenters. The third kappa shape index (κ3) is 5.91. The highest BCUT2D eigenvalue weighted by molar-refractivity contribution is 7.89. The lowest BCUT2D eigenvalue weighted by Crippen LogP contribution is -2.44. The van der Waals surface area contributed by atoms with E-state index in [-0.39, 0.29) is 24.2 Å². The van der Waals surface area contributed by atoms with Crippen LogP contribution in [0, 0.1) is 5.92 Å². The molecule has 6 nitrogen and oxygen atoms in total. The minimum atomic E-state index is -3.49. The van der Waals surface area contributed by atoms with Crippen LogP contribution >= 0.6 is 12.4 Å². The predicted octanol–water partition coefficient (Wildman–Crippen LogP) is 2.31. The maximum Gasteiger partial charge on any atom is 0.243 e. The Morgan fingerprint density at radius 2 is 1.78 bits per heavy atom. The fourth-order valence-corrected chi connectivity index (χ4v) is 4.69. The van der Waals surface area contributed by atoms with E-state index in [1.165, 1.54) is 4.31 Å². The summed E-state index contributed by atoms with van der Waals surface area (Å²) < 4.78 is 27.2. The van der Waals surface area contributed by atoms with Crippen LogP contribution in [0.2, 0.25) is 0 Å². The average Bonchev–Trinajstić information content (AvgIpc) is 2.65. The van der Waals surface area contributed by atoms with Crippen molar-refractivity contribution in [3.63, 3.8) is 0 Å². The Bertz CT molecular complexity index is 699. The quantitative estimate of drug-likeness (QED) is 0.739. The Morgan fingerprint density at radius 1 is 1.22 bits per heavy atom. The molecule has 1 aliphatic rings. The third-order valence-corrected chi connectivity index (χ3v) is 6.97. The van der Waals surface area contributed by atoms with Crippen molar-refractivity contribution in [2.24, 2.45) is 5.92 Å². The van der Waals surface area contributed by atoms with Gasteiger partial charge in [0.15, 0.2) is 0 Å². The van der Waals surface area contributed by atoms with Gasteiger partial charge in [0.05, 0.1) is 4.90 Å². The summed E-state index contributed by atoms with van der Waals surface area (Å²) in [5.41, 5.74) is 1.12. The first-order valence-electron chi connectivity index (χ1n) is 9.27. The maximum atomic E-state index is 12.8. The summed E-state index contributed by atoms with van der Waals surface area (Å²) >= 11 is 0. The Kier molecular flexibility index (Phi) is 9.21. The molecule has 1 aromatic rings. The fraction of sp³-hybridized carbons (Fsp3) is 0.632. The smallest absolute Gasteiger partial charge is 0.243 e. The van der Waals surface area contributed by atoms with Gasteiger partial charge in [-0.2, -0.15) is 4.31 Å². The van der Waals surface area contributed by atoms with Gasteiger partial charge in [0.2, 0.25) is 15.9 Å². The van der Waals surface area contributed by atoms with Gasteiger partial charge in [0.1, 0.15) is 0 Å². The molecule has 0 aromatic heterocycles. The molecule has 1 amide bonds. The molecular formula is C19H32ClN3O3S. The van der Waals surface area contributed by atoms with E-state index in [1.54, 1.807) is 24.1 Å². The number of nitrogens with zero attached hydrogens (tertiary/aromatic N) is 2. The number of likely N-dealkylation sites (N-methyl/N-ethyl adjacent to an activating group) is 2. The number of benzene rings is 1. The second kappa shape index (κ2) is 10.4. The van der Waals surface area contributed by atoms with Crippen LogP contribution < -0.4 is 5.32 Å². The van der Waals surface area contributed by atoms with Crippen LogP contribution in [0.3, 0.4) is 0 Å². The minimum Gasteiger partial charge on any atom is -0.344 e. The molecule has 2 rings (SSSR count). The number of amides is 1. The van der Waals surface area contributed by atoms with Crippen LogP contribution in [0.25, 0.3) is 0 Å². The number of nitrogens with one attached hydrogen (secondary N) is 1. The highest BCUT2D eigenvalue weighted by atomic mass is 35.5. The summed E-state index contributed by atoms with van der Waals surface area (Å²) in [4.78, 5) is 14.5. The fourth-order valence-electron chi connectivity index (χ4n) is 3.22. The molecule has 1 N–H and O–H groups in total. The molecule has 0 saturated carbocycles. The molecule has 0 bridgehead atoms. The van der Waals surface area contributed by atoms with Crippen molar-refractivity contribution in [3.8, 4) is 0 Å². The lowest BCUT2D eigenvalue weighted by atomic mass is 9.97. The summed E-state index contributed by atoms with van der Waals surface area (Å²) in [7, 11) is 0.172. The van der Waals surface area contributed by atoms with E-state index in [4.69, 9.17) is 0 Å². The minimum absolute atomic E-state index is 0. The molecular weight excluding hydrogens is 386 g/mol. The molecule has 27 heavy (non-hydrogen) atoms. The van der Waals surface area contributed by atoms with Crippen LogP contribution in [0.5, 0.6) is 0 Å². The zero-order chi connectivity index (χ0) is 19.3. The first-order valence-corrected chi connectivity index (χ1v) is 10.7. The standard InChI is InChI=1S/C19H31N3O3S.ClH/c1-15(2)16-5-7-18(8-6-16)26(24,25)22-12-9-17(10-13-22)19(23)21(4)14-11-20-3;/h5-8,15,17,20H,9-14H2,1-4H3;1H. The number of sulfonamides is 1. The van der Waals surface area contributed by atoms with Gasteiger partial charge in [-0.3, -0.25) is 4.79 Å². The van der Waals surface area contributed by atoms with E-state index >= 15 is 0 Å². The van der Waals surface area contributed by atoms with E-state index < -0.39 is 10.0 Å². The molecule has 0 atom stereocenters. The monoisotopic (exact) mass is 417 g/mol. The number of carbonyl (C=O) groups is 1. The van der Waals surface area contributed by atoms with Crippen LogP contribution in [-0.2, 0) is 14.8 Å². The predicted molar refractivity (Wildman–Crippen MR) is 111 cm³/mol. The molecule has 8 heteroatoms. The van der Waals surface area contributed by atoms with E-state index in [9.17, 15) is 13.2 Å². The summed E-state index contributed by atoms with van der Waals surface area (Å²) in [5, 5.41) is 3.03. The van der Waals surface area contributed by atoms with Crippen molar-refractivity contribution in [3.05, 3.63) is 29.8 Å². The van der Waals surface area contributed by atoms with E-state index in [1.807, 2.05) is 19.2 Å². The summed E-state index contributed by atoms with van der Waals surface area (Å²) in [6, 6.07) is 7.13. The van der Waals surface area contributed by atoms with Crippen molar-refractivity contribution in [2.45, 2.75) is 37.5 Å². The van der Waals surface area contributed by atoms with Crippen molar-refractivity contribution in [2.75, 3.05) is 40.3 Å². The summed E-state index contributed by atoms with van der Waals surface area (Å²) in [6.07, 6.45) is 1.15. The maximum absolute atomic E-state index is 12.8. The molecule has 1 aliphatic heterocycles. The van der Waals surface area contributed by atoms with Gasteiger partial charge in [0.25, 0.3) is 0 Å². The Morgan fingerprint density at radius 3 is 2.26 bits per heavy atom. The number of rotatable bonds is 7. The van der Waals surface area contributed by atoms with E-state index in [2.05, 4.69) is 19.2 Å². The van der Waals surface area contributed by atoms with Crippen molar-refractivity contribution >= 4 is 28.3 Å². The first-order chi connectivity index (χ1) is 12.3. The van der Waals surface area contributed by atoms with Gasteiger partial charge in [0, 0.05) is 39.1 Å². The number of hydrogen-bond acceptors (Lipinski definition) is 4. The lowest BCUT2D eigenvalue weighted by Gasteiger charge is -2.32. The van der Waals surface area contributed by atoms with Gasteiger partial charge in [-0.15, -0.1) is 12.4 Å². The van der Waals surface area contributed by atoms with Crippen molar-refractivity contribution in [1.29, 1.82) is 0 Å².